The fourth-order valence-electron chi connectivity index (χ4n) is 1.81. The van der Waals surface area contributed by atoms with Crippen molar-refractivity contribution < 1.29 is 9.59 Å². The molecule has 1 aliphatic heterocycles. The molecule has 1 N–H and O–H groups in total. The topological polar surface area (TPSA) is 49.4 Å². The number of piperazine rings is 1. The molecule has 1 heterocycles. The maximum Gasteiger partial charge on any atom is 0.242 e. The molecule has 0 aromatic heterocycles. The van der Waals surface area contributed by atoms with Gasteiger partial charge in [-0.25, -0.2) is 0 Å². The Balaban J connectivity index is 2.61. The predicted octanol–water partition coefficient (Wildman–Crippen LogP) is 1.41. The lowest BCUT2D eigenvalue weighted by atomic mass is 9.80. The molecule has 0 spiro atoms. The van der Waals surface area contributed by atoms with Crippen LogP contribution in [0.25, 0.3) is 0 Å². The fraction of sp³-hybridized carbons (Fsp3) is 0.846. The van der Waals surface area contributed by atoms with Gasteiger partial charge in [-0.1, -0.05) is 27.7 Å². The molecule has 0 aromatic carbocycles. The summed E-state index contributed by atoms with van der Waals surface area (Å²) in [4.78, 5) is 25.3. The van der Waals surface area contributed by atoms with E-state index in [0.717, 1.165) is 0 Å². The number of nitrogens with zero attached hydrogens (tertiary/aromatic N) is 1. The van der Waals surface area contributed by atoms with Crippen molar-refractivity contribution in [3.8, 4) is 0 Å². The van der Waals surface area contributed by atoms with Crippen LogP contribution in [0.3, 0.4) is 0 Å². The van der Waals surface area contributed by atoms with Crippen LogP contribution >= 0.6 is 0 Å². The molecule has 0 saturated carbocycles. The van der Waals surface area contributed by atoms with Gasteiger partial charge in [0.25, 0.3) is 0 Å². The molecule has 17 heavy (non-hydrogen) atoms. The summed E-state index contributed by atoms with van der Waals surface area (Å²) in [6.45, 7) is 11.5. The summed E-state index contributed by atoms with van der Waals surface area (Å²) in [6, 6.07) is -0.330. The van der Waals surface area contributed by atoms with Crippen molar-refractivity contribution in [1.29, 1.82) is 0 Å². The summed E-state index contributed by atoms with van der Waals surface area (Å²) in [6.07, 6.45) is 0.515. The van der Waals surface area contributed by atoms with E-state index in [-0.39, 0.29) is 23.3 Å². The second kappa shape index (κ2) is 5.07. The van der Waals surface area contributed by atoms with Gasteiger partial charge < -0.3 is 10.2 Å². The Hall–Kier alpha value is -1.06. The summed E-state index contributed by atoms with van der Waals surface area (Å²) in [7, 11) is 0. The predicted molar refractivity (Wildman–Crippen MR) is 67.4 cm³/mol. The van der Waals surface area contributed by atoms with Crippen LogP contribution in [0.4, 0.5) is 0 Å². The van der Waals surface area contributed by atoms with Gasteiger partial charge in [-0.05, 0) is 18.3 Å². The van der Waals surface area contributed by atoms with Crippen LogP contribution in [-0.4, -0.2) is 35.8 Å². The number of rotatable bonds is 2. The van der Waals surface area contributed by atoms with Crippen LogP contribution in [0.1, 0.15) is 41.0 Å². The maximum atomic E-state index is 12.2. The first kappa shape index (κ1) is 14.0. The van der Waals surface area contributed by atoms with E-state index in [1.807, 2.05) is 0 Å². The minimum absolute atomic E-state index is 0.0481. The summed E-state index contributed by atoms with van der Waals surface area (Å²) in [5.41, 5.74) is 0.122. The molecule has 4 nitrogen and oxygen atoms in total. The summed E-state index contributed by atoms with van der Waals surface area (Å²) >= 11 is 0. The Labute approximate surface area is 104 Å². The van der Waals surface area contributed by atoms with Gasteiger partial charge in [-0.15, -0.1) is 0 Å². The van der Waals surface area contributed by atoms with E-state index in [9.17, 15) is 9.59 Å². The molecule has 0 aliphatic carbocycles. The summed E-state index contributed by atoms with van der Waals surface area (Å²) in [5.74, 6) is 0.356. The molecule has 2 atom stereocenters. The van der Waals surface area contributed by atoms with E-state index in [4.69, 9.17) is 0 Å². The molecule has 1 fully saturated rings. The summed E-state index contributed by atoms with van der Waals surface area (Å²) in [5, 5.41) is 2.77. The van der Waals surface area contributed by atoms with Crippen LogP contribution in [0, 0.1) is 11.3 Å². The number of carbonyl (C=O) groups excluding carboxylic acids is 2. The molecule has 0 radical (unpaired) electrons. The van der Waals surface area contributed by atoms with E-state index in [2.05, 4.69) is 33.0 Å². The first-order chi connectivity index (χ1) is 7.73. The minimum Gasteiger partial charge on any atom is -0.353 e. The lowest BCUT2D eigenvalue weighted by Crippen LogP contribution is -2.56. The highest BCUT2D eigenvalue weighted by molar-refractivity contribution is 5.88. The van der Waals surface area contributed by atoms with Gasteiger partial charge in [-0.3, -0.25) is 9.59 Å². The van der Waals surface area contributed by atoms with Crippen molar-refractivity contribution in [2.75, 3.05) is 13.1 Å². The van der Waals surface area contributed by atoms with Crippen molar-refractivity contribution in [3.63, 3.8) is 0 Å². The van der Waals surface area contributed by atoms with E-state index in [0.29, 0.717) is 25.4 Å². The average Bonchev–Trinajstić information content (AvgIpc) is 2.20. The lowest BCUT2D eigenvalue weighted by molar-refractivity contribution is -0.143. The maximum absolute atomic E-state index is 12.2. The van der Waals surface area contributed by atoms with Crippen LogP contribution in [0.5, 0.6) is 0 Å². The number of amides is 2. The SMILES string of the molecule is CC1C(=O)NCCN1C(=O)CC(C)C(C)(C)C. The Morgan fingerprint density at radius 3 is 2.65 bits per heavy atom. The van der Waals surface area contributed by atoms with Crippen molar-refractivity contribution in [1.82, 2.24) is 10.2 Å². The third-order valence-electron chi connectivity index (χ3n) is 3.78. The van der Waals surface area contributed by atoms with E-state index >= 15 is 0 Å². The van der Waals surface area contributed by atoms with Crippen LogP contribution < -0.4 is 5.32 Å². The standard InChI is InChI=1S/C13H24N2O2/c1-9(13(3,4)5)8-11(16)15-7-6-14-12(17)10(15)2/h9-10H,6-8H2,1-5H3,(H,14,17). The zero-order valence-electron chi connectivity index (χ0n) is 11.5. The Bertz CT molecular complexity index is 307. The quantitative estimate of drug-likeness (QED) is 0.793. The molecule has 1 aliphatic rings. The molecular formula is C13H24N2O2. The van der Waals surface area contributed by atoms with E-state index < -0.39 is 0 Å². The molecule has 2 amide bonds. The van der Waals surface area contributed by atoms with Gasteiger partial charge in [-0.2, -0.15) is 0 Å². The number of hydrogen-bond donors (Lipinski definition) is 1. The van der Waals surface area contributed by atoms with Crippen molar-refractivity contribution >= 4 is 11.8 Å². The van der Waals surface area contributed by atoms with Crippen LogP contribution in [-0.2, 0) is 9.59 Å². The molecule has 1 saturated heterocycles. The fourth-order valence-corrected chi connectivity index (χ4v) is 1.81. The first-order valence-electron chi connectivity index (χ1n) is 6.30. The molecule has 2 unspecified atom stereocenters. The molecule has 0 bridgehead atoms. The summed E-state index contributed by atoms with van der Waals surface area (Å²) < 4.78 is 0. The third-order valence-corrected chi connectivity index (χ3v) is 3.78. The highest BCUT2D eigenvalue weighted by Crippen LogP contribution is 2.28. The molecular weight excluding hydrogens is 216 g/mol. The smallest absolute Gasteiger partial charge is 0.242 e. The van der Waals surface area contributed by atoms with Gasteiger partial charge in [0.05, 0.1) is 0 Å². The van der Waals surface area contributed by atoms with Gasteiger partial charge in [0, 0.05) is 19.5 Å². The number of carbonyl (C=O) groups is 2. The van der Waals surface area contributed by atoms with Gasteiger partial charge in [0.2, 0.25) is 11.8 Å². The van der Waals surface area contributed by atoms with Gasteiger partial charge >= 0.3 is 0 Å². The molecule has 1 rings (SSSR count). The second-order valence-corrected chi connectivity index (χ2v) is 6.03. The first-order valence-corrected chi connectivity index (χ1v) is 6.30. The highest BCUT2D eigenvalue weighted by Gasteiger charge is 2.31. The molecule has 4 heteroatoms. The Kier molecular flexibility index (Phi) is 4.17. The number of hydrogen-bond acceptors (Lipinski definition) is 2. The molecule has 0 aromatic rings. The lowest BCUT2D eigenvalue weighted by Gasteiger charge is -2.35. The van der Waals surface area contributed by atoms with Gasteiger partial charge in [0.1, 0.15) is 6.04 Å². The van der Waals surface area contributed by atoms with Crippen molar-refractivity contribution in [2.24, 2.45) is 11.3 Å². The molecule has 98 valence electrons. The van der Waals surface area contributed by atoms with Gasteiger partial charge in [0.15, 0.2) is 0 Å². The minimum atomic E-state index is -0.330. The van der Waals surface area contributed by atoms with E-state index in [1.165, 1.54) is 0 Å². The Morgan fingerprint density at radius 1 is 1.53 bits per heavy atom. The second-order valence-electron chi connectivity index (χ2n) is 6.03. The monoisotopic (exact) mass is 240 g/mol. The average molecular weight is 240 g/mol. The zero-order chi connectivity index (χ0) is 13.2. The van der Waals surface area contributed by atoms with E-state index in [1.54, 1.807) is 11.8 Å². The Morgan fingerprint density at radius 2 is 2.12 bits per heavy atom. The van der Waals surface area contributed by atoms with Crippen molar-refractivity contribution in [3.05, 3.63) is 0 Å². The highest BCUT2D eigenvalue weighted by atomic mass is 16.2. The van der Waals surface area contributed by atoms with Crippen LogP contribution in [0.15, 0.2) is 0 Å². The largest absolute Gasteiger partial charge is 0.353 e. The zero-order valence-corrected chi connectivity index (χ0v) is 11.5. The normalized spacial score (nSPS) is 23.2. The third kappa shape index (κ3) is 3.45. The van der Waals surface area contributed by atoms with Crippen LogP contribution in [0.2, 0.25) is 0 Å². The number of nitrogens with one attached hydrogen (secondary N) is 1. The van der Waals surface area contributed by atoms with Crippen molar-refractivity contribution in [2.45, 2.75) is 47.1 Å².